The lowest BCUT2D eigenvalue weighted by Crippen LogP contribution is -2.47. The van der Waals surface area contributed by atoms with Crippen LogP contribution < -0.4 is 0 Å². The zero-order valence-electron chi connectivity index (χ0n) is 10.3. The van der Waals surface area contributed by atoms with E-state index in [1.807, 2.05) is 6.07 Å². The number of sulfonamides is 1. The van der Waals surface area contributed by atoms with E-state index in [-0.39, 0.29) is 24.7 Å². The molecule has 0 saturated carbocycles. The van der Waals surface area contributed by atoms with Crippen molar-refractivity contribution in [3.8, 4) is 6.07 Å². The summed E-state index contributed by atoms with van der Waals surface area (Å²) < 4.78 is 44.4. The summed E-state index contributed by atoms with van der Waals surface area (Å²) >= 11 is 0. The van der Waals surface area contributed by atoms with Gasteiger partial charge in [0.2, 0.25) is 10.0 Å². The number of halogens is 1. The monoisotopic (exact) mass is 284 g/mol. The average molecular weight is 284 g/mol. The summed E-state index contributed by atoms with van der Waals surface area (Å²) in [5.41, 5.74) is 0.449. The van der Waals surface area contributed by atoms with Gasteiger partial charge in [-0.2, -0.15) is 9.57 Å². The van der Waals surface area contributed by atoms with E-state index in [0.29, 0.717) is 5.56 Å². The third-order valence-corrected chi connectivity index (χ3v) is 5.02. The zero-order valence-corrected chi connectivity index (χ0v) is 11.2. The van der Waals surface area contributed by atoms with Crippen LogP contribution in [-0.4, -0.2) is 38.5 Å². The van der Waals surface area contributed by atoms with Gasteiger partial charge < -0.3 is 4.74 Å². The summed E-state index contributed by atoms with van der Waals surface area (Å²) in [5.74, 6) is -0.619. The smallest absolute Gasteiger partial charge is 0.244 e. The molecule has 1 aliphatic heterocycles. The second-order valence-corrected chi connectivity index (χ2v) is 6.10. The van der Waals surface area contributed by atoms with Crippen molar-refractivity contribution in [3.63, 3.8) is 0 Å². The van der Waals surface area contributed by atoms with E-state index in [4.69, 9.17) is 10.00 Å². The SMILES string of the molecule is Cc1ccc(F)cc1S(=O)(=O)N1CCOC[C@@H]1C#N. The zero-order chi connectivity index (χ0) is 14.0. The van der Waals surface area contributed by atoms with E-state index < -0.39 is 21.9 Å². The van der Waals surface area contributed by atoms with Crippen molar-refractivity contribution in [3.05, 3.63) is 29.6 Å². The van der Waals surface area contributed by atoms with Crippen molar-refractivity contribution < 1.29 is 17.5 Å². The number of nitriles is 1. The van der Waals surface area contributed by atoms with Gasteiger partial charge in [0.05, 0.1) is 24.2 Å². The van der Waals surface area contributed by atoms with Crippen LogP contribution in [0, 0.1) is 24.1 Å². The molecule has 1 aromatic carbocycles. The lowest BCUT2D eigenvalue weighted by Gasteiger charge is -2.30. The van der Waals surface area contributed by atoms with Gasteiger partial charge >= 0.3 is 0 Å². The van der Waals surface area contributed by atoms with Crippen LogP contribution in [0.4, 0.5) is 4.39 Å². The van der Waals surface area contributed by atoms with Gasteiger partial charge in [0.25, 0.3) is 0 Å². The highest BCUT2D eigenvalue weighted by Crippen LogP contribution is 2.24. The summed E-state index contributed by atoms with van der Waals surface area (Å²) in [6.07, 6.45) is 0. The standard InChI is InChI=1S/C12H13FN2O3S/c1-9-2-3-10(13)6-12(9)19(16,17)15-4-5-18-8-11(15)7-14/h2-3,6,11H,4-5,8H2,1H3/t11-/m0/s1. The van der Waals surface area contributed by atoms with Crippen LogP contribution >= 0.6 is 0 Å². The first-order valence-electron chi connectivity index (χ1n) is 5.72. The molecule has 2 rings (SSSR count). The van der Waals surface area contributed by atoms with Gasteiger partial charge in [0.1, 0.15) is 11.9 Å². The molecule has 0 N–H and O–H groups in total. The van der Waals surface area contributed by atoms with Crippen LogP contribution in [-0.2, 0) is 14.8 Å². The quantitative estimate of drug-likeness (QED) is 0.814. The predicted octanol–water partition coefficient (Wildman–Crippen LogP) is 1.05. The molecule has 1 atom stereocenters. The van der Waals surface area contributed by atoms with Crippen molar-refractivity contribution in [1.82, 2.24) is 4.31 Å². The first-order valence-corrected chi connectivity index (χ1v) is 7.16. The van der Waals surface area contributed by atoms with E-state index in [2.05, 4.69) is 0 Å². The van der Waals surface area contributed by atoms with Crippen molar-refractivity contribution in [2.45, 2.75) is 17.9 Å². The second-order valence-electron chi connectivity index (χ2n) is 4.25. The van der Waals surface area contributed by atoms with E-state index in [0.717, 1.165) is 10.4 Å². The molecule has 7 heteroatoms. The van der Waals surface area contributed by atoms with E-state index in [1.165, 1.54) is 12.1 Å². The molecular weight excluding hydrogens is 271 g/mol. The molecule has 0 aromatic heterocycles. The van der Waals surface area contributed by atoms with Crippen LogP contribution in [0.3, 0.4) is 0 Å². The Morgan fingerprint density at radius 3 is 2.95 bits per heavy atom. The van der Waals surface area contributed by atoms with Crippen LogP contribution in [0.2, 0.25) is 0 Å². The fraction of sp³-hybridized carbons (Fsp3) is 0.417. The van der Waals surface area contributed by atoms with Gasteiger partial charge in [-0.3, -0.25) is 0 Å². The summed E-state index contributed by atoms with van der Waals surface area (Å²) in [5, 5.41) is 8.99. The van der Waals surface area contributed by atoms with Crippen molar-refractivity contribution in [1.29, 1.82) is 5.26 Å². The highest BCUT2D eigenvalue weighted by Gasteiger charge is 2.35. The molecule has 1 aromatic rings. The maximum Gasteiger partial charge on any atom is 0.244 e. The lowest BCUT2D eigenvalue weighted by molar-refractivity contribution is 0.0511. The van der Waals surface area contributed by atoms with Crippen LogP contribution in [0.5, 0.6) is 0 Å². The minimum absolute atomic E-state index is 0.0318. The van der Waals surface area contributed by atoms with Gasteiger partial charge in [0.15, 0.2) is 0 Å². The van der Waals surface area contributed by atoms with Gasteiger partial charge in [-0.15, -0.1) is 0 Å². The predicted molar refractivity (Wildman–Crippen MR) is 65.2 cm³/mol. The van der Waals surface area contributed by atoms with Gasteiger partial charge in [-0.05, 0) is 24.6 Å². The molecule has 0 amide bonds. The Labute approximate surface area is 111 Å². The molecule has 5 nitrogen and oxygen atoms in total. The Bertz CT molecular complexity index is 624. The maximum atomic E-state index is 13.3. The topological polar surface area (TPSA) is 70.4 Å². The van der Waals surface area contributed by atoms with Crippen LogP contribution in [0.25, 0.3) is 0 Å². The molecule has 0 radical (unpaired) electrons. The number of aryl methyl sites for hydroxylation is 1. The first-order chi connectivity index (χ1) is 8.96. The largest absolute Gasteiger partial charge is 0.377 e. The minimum atomic E-state index is -3.89. The Morgan fingerprint density at radius 2 is 2.26 bits per heavy atom. The lowest BCUT2D eigenvalue weighted by atomic mass is 10.2. The molecule has 0 unspecified atom stereocenters. The van der Waals surface area contributed by atoms with E-state index >= 15 is 0 Å². The minimum Gasteiger partial charge on any atom is -0.377 e. The molecule has 1 saturated heterocycles. The summed E-state index contributed by atoms with van der Waals surface area (Å²) in [4.78, 5) is -0.102. The number of rotatable bonds is 2. The number of nitrogens with zero attached hydrogens (tertiary/aromatic N) is 2. The van der Waals surface area contributed by atoms with E-state index in [1.54, 1.807) is 6.92 Å². The molecule has 102 valence electrons. The molecule has 1 fully saturated rings. The molecular formula is C12H13FN2O3S. The molecule has 0 aliphatic carbocycles. The number of ether oxygens (including phenoxy) is 1. The highest BCUT2D eigenvalue weighted by molar-refractivity contribution is 7.89. The van der Waals surface area contributed by atoms with E-state index in [9.17, 15) is 12.8 Å². The Hall–Kier alpha value is -1.49. The molecule has 0 spiro atoms. The Kier molecular flexibility index (Phi) is 3.85. The second kappa shape index (κ2) is 5.25. The van der Waals surface area contributed by atoms with Crippen LogP contribution in [0.15, 0.2) is 23.1 Å². The van der Waals surface area contributed by atoms with Crippen LogP contribution in [0.1, 0.15) is 5.56 Å². The Balaban J connectivity index is 2.47. The number of hydrogen-bond donors (Lipinski definition) is 0. The maximum absolute atomic E-state index is 13.3. The van der Waals surface area contributed by atoms with Crippen molar-refractivity contribution in [2.24, 2.45) is 0 Å². The number of benzene rings is 1. The fourth-order valence-corrected chi connectivity index (χ4v) is 3.70. The summed E-state index contributed by atoms with van der Waals surface area (Å²) in [6, 6.07) is 4.61. The average Bonchev–Trinajstić information content (AvgIpc) is 2.41. The Morgan fingerprint density at radius 1 is 1.53 bits per heavy atom. The van der Waals surface area contributed by atoms with Gasteiger partial charge in [-0.25, -0.2) is 12.8 Å². The third-order valence-electron chi connectivity index (χ3n) is 2.97. The van der Waals surface area contributed by atoms with Gasteiger partial charge in [-0.1, -0.05) is 6.07 Å². The normalized spacial score (nSPS) is 21.0. The molecule has 1 aliphatic rings. The van der Waals surface area contributed by atoms with Gasteiger partial charge in [0, 0.05) is 6.54 Å². The molecule has 19 heavy (non-hydrogen) atoms. The number of morpholine rings is 1. The van der Waals surface area contributed by atoms with Crippen molar-refractivity contribution in [2.75, 3.05) is 19.8 Å². The fourth-order valence-electron chi connectivity index (χ4n) is 1.96. The summed E-state index contributed by atoms with van der Waals surface area (Å²) in [7, 11) is -3.89. The molecule has 1 heterocycles. The third kappa shape index (κ3) is 2.61. The molecule has 0 bridgehead atoms. The number of hydrogen-bond acceptors (Lipinski definition) is 4. The highest BCUT2D eigenvalue weighted by atomic mass is 32.2. The first kappa shape index (κ1) is 13.9. The van der Waals surface area contributed by atoms with Crippen molar-refractivity contribution >= 4 is 10.0 Å². The summed E-state index contributed by atoms with van der Waals surface area (Å²) in [6.45, 7) is 1.94.